The lowest BCUT2D eigenvalue weighted by molar-refractivity contribution is -0.122. The van der Waals surface area contributed by atoms with Crippen LogP contribution in [0.1, 0.15) is 0 Å². The van der Waals surface area contributed by atoms with E-state index in [0.717, 1.165) is 4.90 Å². The van der Waals surface area contributed by atoms with Crippen molar-refractivity contribution in [2.75, 3.05) is 11.4 Å². The fraction of sp³-hybridized carbons (Fsp3) is 0.273. The van der Waals surface area contributed by atoms with Crippen molar-refractivity contribution in [3.63, 3.8) is 0 Å². The first-order valence-electron chi connectivity index (χ1n) is 5.18. The summed E-state index contributed by atoms with van der Waals surface area (Å²) in [4.78, 5) is 25.0. The SMILES string of the molecule is O=C1[C@H]2CN=N[C@@H]2C(=O)N1c1ccc(F)cc1. The van der Waals surface area contributed by atoms with Crippen LogP contribution in [0.25, 0.3) is 0 Å². The molecule has 2 aliphatic heterocycles. The molecule has 0 N–H and O–H groups in total. The van der Waals surface area contributed by atoms with Crippen LogP contribution >= 0.6 is 0 Å². The number of azo groups is 1. The molecule has 0 aromatic heterocycles. The zero-order valence-corrected chi connectivity index (χ0v) is 8.71. The summed E-state index contributed by atoms with van der Waals surface area (Å²) >= 11 is 0. The molecule has 5 nitrogen and oxygen atoms in total. The summed E-state index contributed by atoms with van der Waals surface area (Å²) in [5.74, 6) is -1.58. The predicted molar refractivity (Wildman–Crippen MR) is 55.9 cm³/mol. The standard InChI is InChI=1S/C11H8FN3O2/c12-6-1-3-7(4-2-6)15-10(16)8-5-13-14-9(8)11(15)17/h1-4,8-9H,5H2/t8-,9-/m0/s1. The molecule has 86 valence electrons. The summed E-state index contributed by atoms with van der Waals surface area (Å²) in [7, 11) is 0. The number of imide groups is 1. The second-order valence-corrected chi connectivity index (χ2v) is 3.98. The van der Waals surface area contributed by atoms with Gasteiger partial charge in [-0.3, -0.25) is 9.59 Å². The molecule has 3 rings (SSSR count). The molecule has 0 aliphatic carbocycles. The zero-order valence-electron chi connectivity index (χ0n) is 8.71. The number of benzene rings is 1. The quantitative estimate of drug-likeness (QED) is 0.683. The van der Waals surface area contributed by atoms with Gasteiger partial charge in [-0.05, 0) is 24.3 Å². The topological polar surface area (TPSA) is 62.1 Å². The summed E-state index contributed by atoms with van der Waals surface area (Å²) in [6.45, 7) is 0.257. The Morgan fingerprint density at radius 2 is 1.88 bits per heavy atom. The Balaban J connectivity index is 1.99. The molecule has 17 heavy (non-hydrogen) atoms. The van der Waals surface area contributed by atoms with E-state index in [1.807, 2.05) is 0 Å². The molecule has 2 amide bonds. The maximum absolute atomic E-state index is 12.8. The first-order chi connectivity index (χ1) is 8.18. The third-order valence-corrected chi connectivity index (χ3v) is 2.96. The maximum atomic E-state index is 12.8. The Hall–Kier alpha value is -2.11. The van der Waals surface area contributed by atoms with Crippen molar-refractivity contribution in [1.82, 2.24) is 0 Å². The third-order valence-electron chi connectivity index (χ3n) is 2.96. The summed E-state index contributed by atoms with van der Waals surface area (Å²) in [6, 6.07) is 4.55. The van der Waals surface area contributed by atoms with Crippen LogP contribution in [0.2, 0.25) is 0 Å². The molecule has 6 heteroatoms. The van der Waals surface area contributed by atoms with Crippen LogP contribution in [-0.4, -0.2) is 24.4 Å². The van der Waals surface area contributed by atoms with Gasteiger partial charge in [0.1, 0.15) is 5.82 Å². The number of hydrogen-bond donors (Lipinski definition) is 0. The van der Waals surface area contributed by atoms with Crippen molar-refractivity contribution in [1.29, 1.82) is 0 Å². The molecule has 0 spiro atoms. The first kappa shape index (κ1) is 10.1. The van der Waals surface area contributed by atoms with E-state index in [4.69, 9.17) is 0 Å². The molecule has 0 radical (unpaired) electrons. The van der Waals surface area contributed by atoms with E-state index in [9.17, 15) is 14.0 Å². The Kier molecular flexibility index (Phi) is 2.04. The normalized spacial score (nSPS) is 26.8. The highest BCUT2D eigenvalue weighted by atomic mass is 19.1. The smallest absolute Gasteiger partial charge is 0.261 e. The van der Waals surface area contributed by atoms with Gasteiger partial charge in [0.05, 0.1) is 18.2 Å². The van der Waals surface area contributed by atoms with Crippen molar-refractivity contribution in [2.24, 2.45) is 16.1 Å². The Labute approximate surface area is 95.9 Å². The molecule has 1 aromatic carbocycles. The summed E-state index contributed by atoms with van der Waals surface area (Å²) < 4.78 is 12.8. The van der Waals surface area contributed by atoms with Crippen molar-refractivity contribution in [3.05, 3.63) is 30.1 Å². The number of carbonyl (C=O) groups is 2. The molecular formula is C11H8FN3O2. The van der Waals surface area contributed by atoms with Crippen LogP contribution in [0, 0.1) is 11.7 Å². The van der Waals surface area contributed by atoms with Gasteiger partial charge in [0.15, 0.2) is 6.04 Å². The van der Waals surface area contributed by atoms with E-state index in [-0.39, 0.29) is 18.4 Å². The van der Waals surface area contributed by atoms with Crippen molar-refractivity contribution in [2.45, 2.75) is 6.04 Å². The second-order valence-electron chi connectivity index (χ2n) is 3.98. The Morgan fingerprint density at radius 1 is 1.18 bits per heavy atom. The van der Waals surface area contributed by atoms with E-state index in [1.165, 1.54) is 24.3 Å². The summed E-state index contributed by atoms with van der Waals surface area (Å²) in [5, 5.41) is 7.47. The molecule has 2 aliphatic rings. The highest BCUT2D eigenvalue weighted by Gasteiger charge is 2.50. The average Bonchev–Trinajstić information content (AvgIpc) is 2.87. The zero-order chi connectivity index (χ0) is 12.0. The molecule has 2 heterocycles. The van der Waals surface area contributed by atoms with Crippen molar-refractivity contribution < 1.29 is 14.0 Å². The number of nitrogens with zero attached hydrogens (tertiary/aromatic N) is 3. The lowest BCUT2D eigenvalue weighted by Gasteiger charge is -2.14. The van der Waals surface area contributed by atoms with E-state index in [0.29, 0.717) is 5.69 Å². The summed E-state index contributed by atoms with van der Waals surface area (Å²) in [6.07, 6.45) is 0. The largest absolute Gasteiger partial charge is 0.274 e. The number of amides is 2. The number of rotatable bonds is 1. The van der Waals surface area contributed by atoms with Crippen LogP contribution in [0.3, 0.4) is 0 Å². The van der Waals surface area contributed by atoms with Gasteiger partial charge in [-0.25, -0.2) is 9.29 Å². The molecule has 0 unspecified atom stereocenters. The Morgan fingerprint density at radius 3 is 2.53 bits per heavy atom. The fourth-order valence-corrected chi connectivity index (χ4v) is 2.09. The molecular weight excluding hydrogens is 225 g/mol. The average molecular weight is 233 g/mol. The number of anilines is 1. The first-order valence-corrected chi connectivity index (χ1v) is 5.18. The van der Waals surface area contributed by atoms with Crippen molar-refractivity contribution >= 4 is 17.5 Å². The highest BCUT2D eigenvalue weighted by molar-refractivity contribution is 6.23. The molecule has 1 aromatic rings. The lowest BCUT2D eigenvalue weighted by Crippen LogP contribution is -2.31. The second kappa shape index (κ2) is 3.44. The molecule has 0 saturated carbocycles. The van der Waals surface area contributed by atoms with Crippen LogP contribution < -0.4 is 4.90 Å². The van der Waals surface area contributed by atoms with Gasteiger partial charge in [-0.2, -0.15) is 10.2 Å². The van der Waals surface area contributed by atoms with Gasteiger partial charge in [0.25, 0.3) is 5.91 Å². The molecule has 1 fully saturated rings. The fourth-order valence-electron chi connectivity index (χ4n) is 2.09. The maximum Gasteiger partial charge on any atom is 0.261 e. The minimum absolute atomic E-state index is 0.257. The van der Waals surface area contributed by atoms with E-state index >= 15 is 0 Å². The number of fused-ring (bicyclic) bond motifs is 1. The van der Waals surface area contributed by atoms with Gasteiger partial charge in [-0.1, -0.05) is 0 Å². The minimum Gasteiger partial charge on any atom is -0.274 e. The highest BCUT2D eigenvalue weighted by Crippen LogP contribution is 2.32. The van der Waals surface area contributed by atoms with E-state index in [2.05, 4.69) is 10.2 Å². The molecule has 0 bridgehead atoms. The number of halogens is 1. The Bertz CT molecular complexity index is 526. The summed E-state index contributed by atoms with van der Waals surface area (Å²) in [5.41, 5.74) is 0.381. The van der Waals surface area contributed by atoms with Crippen LogP contribution in [0.4, 0.5) is 10.1 Å². The van der Waals surface area contributed by atoms with Crippen LogP contribution in [-0.2, 0) is 9.59 Å². The minimum atomic E-state index is -0.687. The third kappa shape index (κ3) is 1.37. The number of hydrogen-bond acceptors (Lipinski definition) is 4. The van der Waals surface area contributed by atoms with Crippen molar-refractivity contribution in [3.8, 4) is 0 Å². The number of carbonyl (C=O) groups excluding carboxylic acids is 2. The van der Waals surface area contributed by atoms with Gasteiger partial charge < -0.3 is 0 Å². The van der Waals surface area contributed by atoms with Crippen LogP contribution in [0.15, 0.2) is 34.5 Å². The lowest BCUT2D eigenvalue weighted by atomic mass is 10.1. The van der Waals surface area contributed by atoms with E-state index < -0.39 is 17.8 Å². The predicted octanol–water partition coefficient (Wildman–Crippen LogP) is 1.15. The van der Waals surface area contributed by atoms with Gasteiger partial charge in [0, 0.05) is 0 Å². The van der Waals surface area contributed by atoms with E-state index in [1.54, 1.807) is 0 Å². The monoisotopic (exact) mass is 233 g/mol. The molecule has 2 atom stereocenters. The van der Waals surface area contributed by atoms with Gasteiger partial charge in [-0.15, -0.1) is 0 Å². The molecule has 1 saturated heterocycles. The van der Waals surface area contributed by atoms with Gasteiger partial charge in [0.2, 0.25) is 5.91 Å². The van der Waals surface area contributed by atoms with Gasteiger partial charge >= 0.3 is 0 Å². The van der Waals surface area contributed by atoms with Crippen LogP contribution in [0.5, 0.6) is 0 Å².